The van der Waals surface area contributed by atoms with Crippen molar-refractivity contribution in [2.75, 3.05) is 0 Å². The second kappa shape index (κ2) is 3.79. The Morgan fingerprint density at radius 2 is 1.82 bits per heavy atom. The zero-order chi connectivity index (χ0) is 12.8. The van der Waals surface area contributed by atoms with Crippen LogP contribution in [0.15, 0.2) is 24.4 Å². The minimum absolute atomic E-state index is 0.301. The van der Waals surface area contributed by atoms with Crippen molar-refractivity contribution in [1.29, 1.82) is 0 Å². The highest BCUT2D eigenvalue weighted by Gasteiger charge is 2.30. The van der Waals surface area contributed by atoms with Gasteiger partial charge in [-0.2, -0.15) is 13.2 Å². The summed E-state index contributed by atoms with van der Waals surface area (Å²) in [6.07, 6.45) is -2.38. The molecule has 0 saturated heterocycles. The van der Waals surface area contributed by atoms with Crippen LogP contribution in [0.5, 0.6) is 0 Å². The van der Waals surface area contributed by atoms with Gasteiger partial charge in [0.15, 0.2) is 0 Å². The van der Waals surface area contributed by atoms with E-state index in [-0.39, 0.29) is 0 Å². The Hall–Kier alpha value is -1.45. The van der Waals surface area contributed by atoms with Crippen LogP contribution in [0.4, 0.5) is 13.2 Å². The zero-order valence-electron chi connectivity index (χ0n) is 9.97. The minimum atomic E-state index is -4.28. The molecule has 0 aliphatic rings. The van der Waals surface area contributed by atoms with Crippen LogP contribution in [0.25, 0.3) is 10.9 Å². The van der Waals surface area contributed by atoms with Crippen molar-refractivity contribution in [2.45, 2.75) is 25.9 Å². The minimum Gasteiger partial charge on any atom is -0.350 e. The Morgan fingerprint density at radius 3 is 2.35 bits per heavy atom. The molecule has 0 fully saturated rings. The van der Waals surface area contributed by atoms with Crippen LogP contribution < -0.4 is 0 Å². The molecule has 0 amide bonds. The molecule has 0 atom stereocenters. The molecule has 4 heteroatoms. The van der Waals surface area contributed by atoms with Gasteiger partial charge in [-0.1, -0.05) is 19.9 Å². The first-order valence-electron chi connectivity index (χ1n) is 5.47. The van der Waals surface area contributed by atoms with Crippen molar-refractivity contribution in [3.05, 3.63) is 35.5 Å². The summed E-state index contributed by atoms with van der Waals surface area (Å²) in [6, 6.07) is 3.92. The third-order valence-electron chi connectivity index (χ3n) is 2.97. The predicted molar refractivity (Wildman–Crippen MR) is 62.0 cm³/mol. The number of aromatic nitrogens is 1. The van der Waals surface area contributed by atoms with Crippen molar-refractivity contribution in [1.82, 2.24) is 4.57 Å². The van der Waals surface area contributed by atoms with Crippen LogP contribution in [0.3, 0.4) is 0 Å². The summed E-state index contributed by atoms with van der Waals surface area (Å²) in [4.78, 5) is 0. The molecular weight excluding hydrogens is 227 g/mol. The average Bonchev–Trinajstić information content (AvgIpc) is 2.55. The largest absolute Gasteiger partial charge is 0.416 e. The SMILES string of the molecule is CC(C)c1cn(C)c2cc(C(F)(F)F)ccc12. The van der Waals surface area contributed by atoms with E-state index >= 15 is 0 Å². The molecule has 0 radical (unpaired) electrons. The smallest absolute Gasteiger partial charge is 0.350 e. The first kappa shape index (κ1) is 12.0. The number of fused-ring (bicyclic) bond motifs is 1. The third kappa shape index (κ3) is 2.04. The molecule has 0 spiro atoms. The van der Waals surface area contributed by atoms with Gasteiger partial charge in [0.2, 0.25) is 0 Å². The fraction of sp³-hybridized carbons (Fsp3) is 0.385. The normalized spacial score (nSPS) is 12.6. The van der Waals surface area contributed by atoms with Crippen LogP contribution in [0.2, 0.25) is 0 Å². The van der Waals surface area contributed by atoms with Gasteiger partial charge in [0.1, 0.15) is 0 Å². The molecule has 0 N–H and O–H groups in total. The molecule has 1 aromatic carbocycles. The van der Waals surface area contributed by atoms with Crippen molar-refractivity contribution in [2.24, 2.45) is 7.05 Å². The van der Waals surface area contributed by atoms with Gasteiger partial charge >= 0.3 is 6.18 Å². The van der Waals surface area contributed by atoms with Crippen LogP contribution in [-0.4, -0.2) is 4.57 Å². The van der Waals surface area contributed by atoms with E-state index < -0.39 is 11.7 Å². The van der Waals surface area contributed by atoms with Crippen molar-refractivity contribution >= 4 is 10.9 Å². The number of halogens is 3. The van der Waals surface area contributed by atoms with Crippen LogP contribution >= 0.6 is 0 Å². The molecular formula is C13H14F3N. The molecule has 0 bridgehead atoms. The van der Waals surface area contributed by atoms with E-state index in [0.29, 0.717) is 11.4 Å². The van der Waals surface area contributed by atoms with Gasteiger partial charge in [-0.15, -0.1) is 0 Å². The number of aryl methyl sites for hydroxylation is 1. The first-order chi connectivity index (χ1) is 7.80. The maximum atomic E-state index is 12.6. The summed E-state index contributed by atoms with van der Waals surface area (Å²) >= 11 is 0. The second-order valence-electron chi connectivity index (χ2n) is 4.58. The molecule has 0 saturated carbocycles. The van der Waals surface area contributed by atoms with Crippen LogP contribution in [0.1, 0.15) is 30.9 Å². The summed E-state index contributed by atoms with van der Waals surface area (Å²) < 4.78 is 39.6. The number of hydrogen-bond acceptors (Lipinski definition) is 0. The van der Waals surface area contributed by atoms with E-state index in [9.17, 15) is 13.2 Å². The Balaban J connectivity index is 2.68. The molecule has 1 nitrogen and oxygen atoms in total. The lowest BCUT2D eigenvalue weighted by Gasteiger charge is -2.07. The third-order valence-corrected chi connectivity index (χ3v) is 2.97. The maximum Gasteiger partial charge on any atom is 0.416 e. The van der Waals surface area contributed by atoms with Gasteiger partial charge in [0.05, 0.1) is 5.56 Å². The summed E-state index contributed by atoms with van der Waals surface area (Å²) in [7, 11) is 1.77. The highest BCUT2D eigenvalue weighted by atomic mass is 19.4. The van der Waals surface area contributed by atoms with Crippen molar-refractivity contribution < 1.29 is 13.2 Å². The molecule has 0 aliphatic carbocycles. The number of nitrogens with zero attached hydrogens (tertiary/aromatic N) is 1. The number of rotatable bonds is 1. The van der Waals surface area contributed by atoms with E-state index in [1.54, 1.807) is 17.7 Å². The molecule has 0 unspecified atom stereocenters. The average molecular weight is 241 g/mol. The van der Waals surface area contributed by atoms with Gasteiger partial charge < -0.3 is 4.57 Å². The Labute approximate surface area is 97.9 Å². The maximum absolute atomic E-state index is 12.6. The molecule has 0 aliphatic heterocycles. The van der Waals surface area contributed by atoms with E-state index in [1.165, 1.54) is 6.07 Å². The number of hydrogen-bond donors (Lipinski definition) is 0. The number of alkyl halides is 3. The summed E-state index contributed by atoms with van der Waals surface area (Å²) in [5.41, 5.74) is 1.11. The number of benzene rings is 1. The Bertz CT molecular complexity index is 550. The standard InChI is InChI=1S/C13H14F3N/c1-8(2)11-7-17(3)12-6-9(13(14,15)16)4-5-10(11)12/h4-8H,1-3H3. The summed E-state index contributed by atoms with van der Waals surface area (Å²) in [5.74, 6) is 0.301. The van der Waals surface area contributed by atoms with Gasteiger partial charge in [0.25, 0.3) is 0 Å². The van der Waals surface area contributed by atoms with E-state index in [1.807, 2.05) is 20.0 Å². The van der Waals surface area contributed by atoms with E-state index in [0.717, 1.165) is 17.0 Å². The topological polar surface area (TPSA) is 4.93 Å². The second-order valence-corrected chi connectivity index (χ2v) is 4.58. The monoisotopic (exact) mass is 241 g/mol. The highest BCUT2D eigenvalue weighted by Crippen LogP contribution is 2.34. The van der Waals surface area contributed by atoms with E-state index in [2.05, 4.69) is 0 Å². The summed E-state index contributed by atoms with van der Waals surface area (Å²) in [5, 5.41) is 0.899. The lowest BCUT2D eigenvalue weighted by Crippen LogP contribution is -2.04. The quantitative estimate of drug-likeness (QED) is 0.700. The van der Waals surface area contributed by atoms with Gasteiger partial charge in [-0.25, -0.2) is 0 Å². The Kier molecular flexibility index (Phi) is 2.68. The predicted octanol–water partition coefficient (Wildman–Crippen LogP) is 4.32. The summed E-state index contributed by atoms with van der Waals surface area (Å²) in [6.45, 7) is 4.07. The molecule has 2 rings (SSSR count). The molecule has 1 heterocycles. The Morgan fingerprint density at radius 1 is 1.18 bits per heavy atom. The lowest BCUT2D eigenvalue weighted by atomic mass is 10.0. The van der Waals surface area contributed by atoms with Crippen LogP contribution in [0, 0.1) is 0 Å². The molecule has 92 valence electrons. The zero-order valence-corrected chi connectivity index (χ0v) is 9.97. The fourth-order valence-corrected chi connectivity index (χ4v) is 2.05. The van der Waals surface area contributed by atoms with Gasteiger partial charge in [-0.05, 0) is 23.6 Å². The molecule has 17 heavy (non-hydrogen) atoms. The molecule has 2 aromatic rings. The fourth-order valence-electron chi connectivity index (χ4n) is 2.05. The van der Waals surface area contributed by atoms with Crippen LogP contribution in [-0.2, 0) is 13.2 Å². The van der Waals surface area contributed by atoms with Gasteiger partial charge in [0, 0.05) is 24.1 Å². The first-order valence-corrected chi connectivity index (χ1v) is 5.47. The molecule has 1 aromatic heterocycles. The van der Waals surface area contributed by atoms with E-state index in [4.69, 9.17) is 0 Å². The highest BCUT2D eigenvalue weighted by molar-refractivity contribution is 5.85. The lowest BCUT2D eigenvalue weighted by molar-refractivity contribution is -0.137. The van der Waals surface area contributed by atoms with Crippen molar-refractivity contribution in [3.8, 4) is 0 Å². The van der Waals surface area contributed by atoms with Gasteiger partial charge in [-0.3, -0.25) is 0 Å². The van der Waals surface area contributed by atoms with Crippen molar-refractivity contribution in [3.63, 3.8) is 0 Å².